The molecule has 9 heteroatoms. The van der Waals surface area contributed by atoms with Crippen molar-refractivity contribution in [3.8, 4) is 23.0 Å². The third-order valence-corrected chi connectivity index (χ3v) is 5.04. The van der Waals surface area contributed by atoms with Crippen LogP contribution in [0.25, 0.3) is 22.6 Å². The molecule has 0 aliphatic rings. The Kier molecular flexibility index (Phi) is 6.25. The maximum absolute atomic E-state index is 12.8. The van der Waals surface area contributed by atoms with Gasteiger partial charge in [0.25, 0.3) is 5.91 Å². The molecular formula is C23H18ClN3O4S. The second kappa shape index (κ2) is 9.25. The van der Waals surface area contributed by atoms with Gasteiger partial charge >= 0.3 is 0 Å². The van der Waals surface area contributed by atoms with Gasteiger partial charge in [-0.25, -0.2) is 4.98 Å². The topological polar surface area (TPSA) is 85.6 Å². The van der Waals surface area contributed by atoms with Crippen molar-refractivity contribution in [3.05, 3.63) is 71.2 Å². The molecule has 0 aliphatic carbocycles. The quantitative estimate of drug-likeness (QED) is 0.385. The van der Waals surface area contributed by atoms with E-state index in [0.717, 1.165) is 5.56 Å². The molecule has 162 valence electrons. The lowest BCUT2D eigenvalue weighted by atomic mass is 10.1. The van der Waals surface area contributed by atoms with Gasteiger partial charge in [-0.15, -0.1) is 0 Å². The molecule has 32 heavy (non-hydrogen) atoms. The SMILES string of the molecule is COc1cccc(OC)c1C(=O)NC(=S)Nc1cccc(-c2nc3cc(Cl)ccc3o2)c1. The highest BCUT2D eigenvalue weighted by Gasteiger charge is 2.19. The standard InChI is InChI=1S/C23H18ClN3O4S/c1-29-18-7-4-8-19(30-2)20(18)21(28)27-23(32)25-15-6-3-5-13(11-15)22-26-16-12-14(24)9-10-17(16)31-22/h3-12H,1-2H3,(H2,25,27,28,32). The summed E-state index contributed by atoms with van der Waals surface area (Å²) in [5.74, 6) is 0.744. The number of thiocarbonyl (C=S) groups is 1. The summed E-state index contributed by atoms with van der Waals surface area (Å²) < 4.78 is 16.4. The van der Waals surface area contributed by atoms with Crippen molar-refractivity contribution in [1.82, 2.24) is 10.3 Å². The summed E-state index contributed by atoms with van der Waals surface area (Å²) in [5.41, 5.74) is 2.94. The average molecular weight is 468 g/mol. The van der Waals surface area contributed by atoms with Gasteiger partial charge in [0.1, 0.15) is 22.6 Å². The van der Waals surface area contributed by atoms with E-state index in [1.54, 1.807) is 36.4 Å². The van der Waals surface area contributed by atoms with E-state index in [1.165, 1.54) is 14.2 Å². The molecule has 2 N–H and O–H groups in total. The maximum atomic E-state index is 12.8. The number of methoxy groups -OCH3 is 2. The minimum Gasteiger partial charge on any atom is -0.496 e. The number of rotatable bonds is 5. The van der Waals surface area contributed by atoms with Crippen LogP contribution >= 0.6 is 23.8 Å². The molecule has 0 saturated carbocycles. The van der Waals surface area contributed by atoms with Crippen LogP contribution in [0.1, 0.15) is 10.4 Å². The van der Waals surface area contributed by atoms with Crippen molar-refractivity contribution >= 4 is 51.6 Å². The van der Waals surface area contributed by atoms with Gasteiger partial charge in [0.15, 0.2) is 10.7 Å². The Labute approximate surface area is 194 Å². The number of anilines is 1. The number of carbonyl (C=O) groups excluding carboxylic acids is 1. The largest absolute Gasteiger partial charge is 0.496 e. The molecule has 7 nitrogen and oxygen atoms in total. The molecule has 0 fully saturated rings. The van der Waals surface area contributed by atoms with Gasteiger partial charge < -0.3 is 19.2 Å². The number of carbonyl (C=O) groups is 1. The first-order chi connectivity index (χ1) is 15.5. The number of oxazole rings is 1. The summed E-state index contributed by atoms with van der Waals surface area (Å²) in [6.07, 6.45) is 0. The maximum Gasteiger partial charge on any atom is 0.264 e. The van der Waals surface area contributed by atoms with Gasteiger partial charge in [-0.2, -0.15) is 0 Å². The fourth-order valence-corrected chi connectivity index (χ4v) is 3.53. The van der Waals surface area contributed by atoms with E-state index < -0.39 is 5.91 Å². The number of hydrogen-bond donors (Lipinski definition) is 2. The van der Waals surface area contributed by atoms with E-state index in [9.17, 15) is 4.79 Å². The van der Waals surface area contributed by atoms with Crippen molar-refractivity contribution in [3.63, 3.8) is 0 Å². The van der Waals surface area contributed by atoms with Crippen LogP contribution in [-0.2, 0) is 0 Å². The molecule has 1 amide bonds. The zero-order valence-corrected chi connectivity index (χ0v) is 18.7. The van der Waals surface area contributed by atoms with Crippen LogP contribution in [0.2, 0.25) is 5.02 Å². The molecule has 1 heterocycles. The van der Waals surface area contributed by atoms with E-state index in [2.05, 4.69) is 15.6 Å². The zero-order chi connectivity index (χ0) is 22.7. The Morgan fingerprint density at radius 2 is 1.75 bits per heavy atom. The summed E-state index contributed by atoms with van der Waals surface area (Å²) in [5, 5.41) is 6.35. The lowest BCUT2D eigenvalue weighted by Gasteiger charge is -2.14. The van der Waals surface area contributed by atoms with E-state index >= 15 is 0 Å². The third-order valence-electron chi connectivity index (χ3n) is 4.60. The first-order valence-corrected chi connectivity index (χ1v) is 10.3. The molecule has 0 spiro atoms. The van der Waals surface area contributed by atoms with Crippen molar-refractivity contribution in [1.29, 1.82) is 0 Å². The van der Waals surface area contributed by atoms with Crippen LogP contribution in [-0.4, -0.2) is 30.2 Å². The smallest absolute Gasteiger partial charge is 0.264 e. The Hall–Kier alpha value is -3.62. The zero-order valence-electron chi connectivity index (χ0n) is 17.1. The molecule has 4 aromatic rings. The summed E-state index contributed by atoms with van der Waals surface area (Å²) in [4.78, 5) is 17.3. The number of ether oxygens (including phenoxy) is 2. The number of hydrogen-bond acceptors (Lipinski definition) is 6. The monoisotopic (exact) mass is 467 g/mol. The van der Waals surface area contributed by atoms with Gasteiger partial charge in [0.2, 0.25) is 5.89 Å². The van der Waals surface area contributed by atoms with Crippen LogP contribution in [0.3, 0.4) is 0 Å². The number of fused-ring (bicyclic) bond motifs is 1. The van der Waals surface area contributed by atoms with E-state index in [1.807, 2.05) is 24.3 Å². The van der Waals surface area contributed by atoms with E-state index in [0.29, 0.717) is 39.2 Å². The van der Waals surface area contributed by atoms with Crippen LogP contribution < -0.4 is 20.1 Å². The number of aromatic nitrogens is 1. The van der Waals surface area contributed by atoms with Crippen molar-refractivity contribution in [2.45, 2.75) is 0 Å². The van der Waals surface area contributed by atoms with Crippen molar-refractivity contribution in [2.24, 2.45) is 0 Å². The first kappa shape index (κ1) is 21.6. The van der Waals surface area contributed by atoms with Crippen LogP contribution in [0.15, 0.2) is 65.1 Å². The summed E-state index contributed by atoms with van der Waals surface area (Å²) in [6.45, 7) is 0. The Bertz CT molecular complexity index is 1300. The van der Waals surface area contributed by atoms with Gasteiger partial charge in [0, 0.05) is 16.3 Å². The number of nitrogens with zero attached hydrogens (tertiary/aromatic N) is 1. The predicted molar refractivity (Wildman–Crippen MR) is 128 cm³/mol. The number of benzene rings is 3. The fourth-order valence-electron chi connectivity index (χ4n) is 3.16. The average Bonchev–Trinajstić information content (AvgIpc) is 3.21. The lowest BCUT2D eigenvalue weighted by Crippen LogP contribution is -2.34. The fraction of sp³-hybridized carbons (Fsp3) is 0.0870. The summed E-state index contributed by atoms with van der Waals surface area (Å²) in [6, 6.07) is 17.6. The van der Waals surface area contributed by atoms with Gasteiger partial charge in [-0.1, -0.05) is 23.7 Å². The Morgan fingerprint density at radius 3 is 2.47 bits per heavy atom. The third kappa shape index (κ3) is 4.51. The molecule has 1 aromatic heterocycles. The predicted octanol–water partition coefficient (Wildman–Crippen LogP) is 5.29. The van der Waals surface area contributed by atoms with E-state index in [-0.39, 0.29) is 10.7 Å². The van der Waals surface area contributed by atoms with Gasteiger partial charge in [0.05, 0.1) is 14.2 Å². The van der Waals surface area contributed by atoms with Crippen molar-refractivity contribution < 1.29 is 18.7 Å². The molecule has 3 aromatic carbocycles. The van der Waals surface area contributed by atoms with Gasteiger partial charge in [-0.05, 0) is 60.7 Å². The van der Waals surface area contributed by atoms with Gasteiger partial charge in [-0.3, -0.25) is 10.1 Å². The molecule has 0 saturated heterocycles. The minimum atomic E-state index is -0.455. The van der Waals surface area contributed by atoms with Crippen LogP contribution in [0.4, 0.5) is 5.69 Å². The molecule has 0 atom stereocenters. The summed E-state index contributed by atoms with van der Waals surface area (Å²) >= 11 is 11.3. The number of amides is 1. The number of halogens is 1. The second-order valence-electron chi connectivity index (χ2n) is 6.66. The number of nitrogens with one attached hydrogen (secondary N) is 2. The lowest BCUT2D eigenvalue weighted by molar-refractivity contribution is 0.0971. The van der Waals surface area contributed by atoms with Crippen LogP contribution in [0, 0.1) is 0 Å². The molecule has 0 bridgehead atoms. The Balaban J connectivity index is 1.51. The molecule has 0 radical (unpaired) electrons. The first-order valence-electron chi connectivity index (χ1n) is 9.48. The normalized spacial score (nSPS) is 10.6. The molecule has 0 unspecified atom stereocenters. The van der Waals surface area contributed by atoms with E-state index in [4.69, 9.17) is 37.7 Å². The summed E-state index contributed by atoms with van der Waals surface area (Å²) in [7, 11) is 2.96. The minimum absolute atomic E-state index is 0.115. The second-order valence-corrected chi connectivity index (χ2v) is 7.50. The van der Waals surface area contributed by atoms with Crippen molar-refractivity contribution in [2.75, 3.05) is 19.5 Å². The highest BCUT2D eigenvalue weighted by Crippen LogP contribution is 2.29. The molecule has 4 rings (SSSR count). The molecular weight excluding hydrogens is 450 g/mol. The Morgan fingerprint density at radius 1 is 1.03 bits per heavy atom. The van der Waals surface area contributed by atoms with Crippen LogP contribution in [0.5, 0.6) is 11.5 Å². The highest BCUT2D eigenvalue weighted by atomic mass is 35.5. The molecule has 0 aliphatic heterocycles. The highest BCUT2D eigenvalue weighted by molar-refractivity contribution is 7.80.